The number of anilines is 1. The lowest BCUT2D eigenvalue weighted by atomic mass is 10.1. The van der Waals surface area contributed by atoms with Crippen molar-refractivity contribution in [2.24, 2.45) is 0 Å². The summed E-state index contributed by atoms with van der Waals surface area (Å²) in [5.41, 5.74) is 2.19. The van der Waals surface area contributed by atoms with Gasteiger partial charge in [0.2, 0.25) is 5.91 Å². The van der Waals surface area contributed by atoms with Crippen LogP contribution in [-0.2, 0) is 11.3 Å². The molecule has 5 nitrogen and oxygen atoms in total. The van der Waals surface area contributed by atoms with E-state index >= 15 is 0 Å². The number of carbonyl (C=O) groups is 2. The second-order valence-electron chi connectivity index (χ2n) is 6.60. The van der Waals surface area contributed by atoms with E-state index in [1.165, 1.54) is 11.8 Å². The number of fused-ring (bicyclic) bond motifs is 1. The van der Waals surface area contributed by atoms with Gasteiger partial charge in [-0.2, -0.15) is 0 Å². The van der Waals surface area contributed by atoms with Crippen LogP contribution in [0.5, 0.6) is 0 Å². The van der Waals surface area contributed by atoms with Gasteiger partial charge in [-0.25, -0.2) is 0 Å². The van der Waals surface area contributed by atoms with Crippen LogP contribution in [0.1, 0.15) is 15.9 Å². The molecule has 0 fully saturated rings. The van der Waals surface area contributed by atoms with E-state index in [0.29, 0.717) is 29.4 Å². The van der Waals surface area contributed by atoms with Gasteiger partial charge in [-0.15, -0.1) is 11.8 Å². The molecule has 0 aliphatic carbocycles. The molecular formula is C20H22ClN3O2S. The maximum atomic E-state index is 12.6. The number of carbonyl (C=O) groups excluding carboxylic acids is 2. The fraction of sp³-hybridized carbons (Fsp3) is 0.300. The summed E-state index contributed by atoms with van der Waals surface area (Å²) in [6.45, 7) is 1.72. The van der Waals surface area contributed by atoms with E-state index in [2.05, 4.69) is 5.32 Å². The van der Waals surface area contributed by atoms with Gasteiger partial charge in [0.1, 0.15) is 0 Å². The fourth-order valence-corrected chi connectivity index (χ4v) is 3.92. The number of likely N-dealkylation sites (N-methyl/N-ethyl adjacent to an activating group) is 1. The van der Waals surface area contributed by atoms with Crippen molar-refractivity contribution in [1.29, 1.82) is 0 Å². The molecule has 2 aromatic carbocycles. The first kappa shape index (κ1) is 19.7. The van der Waals surface area contributed by atoms with E-state index in [-0.39, 0.29) is 11.8 Å². The molecule has 1 N–H and O–H groups in total. The zero-order valence-electron chi connectivity index (χ0n) is 15.4. The van der Waals surface area contributed by atoms with E-state index < -0.39 is 0 Å². The Morgan fingerprint density at radius 2 is 2.04 bits per heavy atom. The molecule has 0 unspecified atom stereocenters. The first-order chi connectivity index (χ1) is 13.0. The lowest BCUT2D eigenvalue weighted by molar-refractivity contribution is -0.116. The molecular weight excluding hydrogens is 382 g/mol. The molecule has 7 heteroatoms. The molecule has 1 heterocycles. The first-order valence-corrected chi connectivity index (χ1v) is 10.1. The van der Waals surface area contributed by atoms with Crippen LogP contribution in [0.25, 0.3) is 0 Å². The van der Waals surface area contributed by atoms with Crippen LogP contribution in [0.3, 0.4) is 0 Å². The van der Waals surface area contributed by atoms with Crippen LogP contribution >= 0.6 is 23.4 Å². The number of hydrogen-bond acceptors (Lipinski definition) is 4. The topological polar surface area (TPSA) is 52.7 Å². The van der Waals surface area contributed by atoms with Gasteiger partial charge in [-0.1, -0.05) is 29.8 Å². The van der Waals surface area contributed by atoms with Crippen molar-refractivity contribution in [2.45, 2.75) is 11.4 Å². The van der Waals surface area contributed by atoms with Crippen LogP contribution in [-0.4, -0.2) is 49.7 Å². The van der Waals surface area contributed by atoms with Crippen LogP contribution in [0, 0.1) is 0 Å². The molecule has 3 rings (SSSR count). The summed E-state index contributed by atoms with van der Waals surface area (Å²) in [4.78, 5) is 29.7. The number of halogens is 1. The molecule has 0 radical (unpaired) electrons. The molecule has 2 amide bonds. The standard InChI is InChI=1S/C20H22ClN3O2S/c1-23(2)10-9-22-20(26)14-7-8-18-17(11-14)24(19(25)13-27-18)12-15-5-3-4-6-16(15)21/h3-8,11H,9-10,12-13H2,1-2H3,(H,22,26). The van der Waals surface area contributed by atoms with Crippen molar-refractivity contribution in [2.75, 3.05) is 37.8 Å². The number of amides is 2. The van der Waals surface area contributed by atoms with Crippen LogP contribution < -0.4 is 10.2 Å². The van der Waals surface area contributed by atoms with E-state index in [4.69, 9.17) is 11.6 Å². The second-order valence-corrected chi connectivity index (χ2v) is 8.03. The molecule has 0 aromatic heterocycles. The number of rotatable bonds is 6. The Balaban J connectivity index is 1.83. The minimum absolute atomic E-state index is 0.0117. The molecule has 0 saturated carbocycles. The monoisotopic (exact) mass is 403 g/mol. The summed E-state index contributed by atoms with van der Waals surface area (Å²) in [6.07, 6.45) is 0. The fourth-order valence-electron chi connectivity index (χ4n) is 2.81. The smallest absolute Gasteiger partial charge is 0.251 e. The molecule has 0 spiro atoms. The van der Waals surface area contributed by atoms with Crippen molar-refractivity contribution in [1.82, 2.24) is 10.2 Å². The Morgan fingerprint density at radius 3 is 2.78 bits per heavy atom. The highest BCUT2D eigenvalue weighted by Gasteiger charge is 2.26. The molecule has 0 bridgehead atoms. The van der Waals surface area contributed by atoms with Crippen molar-refractivity contribution in [3.8, 4) is 0 Å². The quantitative estimate of drug-likeness (QED) is 0.804. The average molecular weight is 404 g/mol. The molecule has 1 aliphatic heterocycles. The lowest BCUT2D eigenvalue weighted by Crippen LogP contribution is -2.35. The highest BCUT2D eigenvalue weighted by molar-refractivity contribution is 8.00. The molecule has 142 valence electrons. The van der Waals surface area contributed by atoms with Crippen molar-refractivity contribution in [3.63, 3.8) is 0 Å². The predicted octanol–water partition coefficient (Wildman–Crippen LogP) is 3.27. The highest BCUT2D eigenvalue weighted by Crippen LogP contribution is 2.37. The van der Waals surface area contributed by atoms with E-state index in [0.717, 1.165) is 22.7 Å². The third kappa shape index (κ3) is 4.83. The summed E-state index contributed by atoms with van der Waals surface area (Å²) < 4.78 is 0. The number of nitrogens with zero attached hydrogens (tertiary/aromatic N) is 2. The van der Waals surface area contributed by atoms with Gasteiger partial charge in [0, 0.05) is 28.6 Å². The Morgan fingerprint density at radius 1 is 1.26 bits per heavy atom. The van der Waals surface area contributed by atoms with Gasteiger partial charge in [0.25, 0.3) is 5.91 Å². The van der Waals surface area contributed by atoms with E-state index in [1.54, 1.807) is 17.0 Å². The van der Waals surface area contributed by atoms with Gasteiger partial charge in [-0.3, -0.25) is 9.59 Å². The second kappa shape index (κ2) is 8.78. The van der Waals surface area contributed by atoms with Crippen LogP contribution in [0.15, 0.2) is 47.4 Å². The minimum Gasteiger partial charge on any atom is -0.351 e. The summed E-state index contributed by atoms with van der Waals surface area (Å²) in [5.74, 6) is 0.254. The zero-order chi connectivity index (χ0) is 19.4. The van der Waals surface area contributed by atoms with Crippen LogP contribution in [0.4, 0.5) is 5.69 Å². The Hall–Kier alpha value is -2.02. The van der Waals surface area contributed by atoms with Gasteiger partial charge in [0.05, 0.1) is 18.0 Å². The number of hydrogen-bond donors (Lipinski definition) is 1. The maximum absolute atomic E-state index is 12.6. The summed E-state index contributed by atoms with van der Waals surface area (Å²) >= 11 is 7.77. The van der Waals surface area contributed by atoms with Crippen molar-refractivity contribution < 1.29 is 9.59 Å². The van der Waals surface area contributed by atoms with Gasteiger partial charge in [-0.05, 0) is 43.9 Å². The van der Waals surface area contributed by atoms with Gasteiger partial charge >= 0.3 is 0 Å². The molecule has 2 aromatic rings. The highest BCUT2D eigenvalue weighted by atomic mass is 35.5. The minimum atomic E-state index is -0.139. The largest absolute Gasteiger partial charge is 0.351 e. The third-order valence-electron chi connectivity index (χ3n) is 4.29. The number of thioether (sulfide) groups is 1. The predicted molar refractivity (Wildman–Crippen MR) is 111 cm³/mol. The average Bonchev–Trinajstić information content (AvgIpc) is 2.65. The molecule has 0 atom stereocenters. The zero-order valence-corrected chi connectivity index (χ0v) is 16.9. The third-order valence-corrected chi connectivity index (χ3v) is 5.71. The Kier molecular flexibility index (Phi) is 6.42. The number of nitrogens with one attached hydrogen (secondary N) is 1. The molecule has 27 heavy (non-hydrogen) atoms. The first-order valence-electron chi connectivity index (χ1n) is 8.69. The van der Waals surface area contributed by atoms with Crippen molar-refractivity contribution >= 4 is 40.9 Å². The van der Waals surface area contributed by atoms with E-state index in [9.17, 15) is 9.59 Å². The molecule has 1 aliphatic rings. The van der Waals surface area contributed by atoms with Crippen LogP contribution in [0.2, 0.25) is 5.02 Å². The van der Waals surface area contributed by atoms with Gasteiger partial charge < -0.3 is 15.1 Å². The normalized spacial score (nSPS) is 13.6. The maximum Gasteiger partial charge on any atom is 0.251 e. The van der Waals surface area contributed by atoms with Gasteiger partial charge in [0.15, 0.2) is 0 Å². The van der Waals surface area contributed by atoms with E-state index in [1.807, 2.05) is 49.3 Å². The summed E-state index contributed by atoms with van der Waals surface area (Å²) in [5, 5.41) is 3.54. The molecule has 0 saturated heterocycles. The Labute approximate surface area is 168 Å². The summed E-state index contributed by atoms with van der Waals surface area (Å²) in [7, 11) is 3.92. The van der Waals surface area contributed by atoms with Crippen molar-refractivity contribution in [3.05, 3.63) is 58.6 Å². The lowest BCUT2D eigenvalue weighted by Gasteiger charge is -2.29. The summed E-state index contributed by atoms with van der Waals surface area (Å²) in [6, 6.07) is 13.0. The SMILES string of the molecule is CN(C)CCNC(=O)c1ccc2c(c1)N(Cc1ccccc1Cl)C(=O)CS2. The Bertz CT molecular complexity index is 857. The number of benzene rings is 2.